The summed E-state index contributed by atoms with van der Waals surface area (Å²) in [4.78, 5) is 24.3. The van der Waals surface area contributed by atoms with Gasteiger partial charge in [0.1, 0.15) is 6.54 Å². The molecule has 0 saturated heterocycles. The van der Waals surface area contributed by atoms with Gasteiger partial charge in [0.15, 0.2) is 0 Å². The summed E-state index contributed by atoms with van der Waals surface area (Å²) < 4.78 is 1.85. The van der Waals surface area contributed by atoms with E-state index >= 15 is 0 Å². The molecule has 0 aliphatic carbocycles. The van der Waals surface area contributed by atoms with Crippen LogP contribution in [-0.2, 0) is 11.3 Å². The summed E-state index contributed by atoms with van der Waals surface area (Å²) in [5, 5.41) is 14.2. The van der Waals surface area contributed by atoms with Gasteiger partial charge in [0.05, 0.1) is 22.8 Å². The lowest BCUT2D eigenvalue weighted by atomic mass is 10.1. The van der Waals surface area contributed by atoms with Crippen molar-refractivity contribution < 1.29 is 9.59 Å². The van der Waals surface area contributed by atoms with Crippen LogP contribution in [0, 0.1) is 0 Å². The maximum absolute atomic E-state index is 12.7. The quantitative estimate of drug-likeness (QED) is 0.530. The molecule has 4 rings (SSSR count). The topological polar surface area (TPSA) is 91.8 Å². The molecule has 0 atom stereocenters. The van der Waals surface area contributed by atoms with E-state index in [1.165, 1.54) is 0 Å². The molecule has 0 spiro atoms. The summed E-state index contributed by atoms with van der Waals surface area (Å²) in [5.41, 5.74) is 2.91. The van der Waals surface area contributed by atoms with Crippen LogP contribution >= 0.6 is 0 Å². The standard InChI is InChI=1S/C19H17N5O2/c1-20-18(25)11-24-8-7-12-5-6-13(9-17(12)24)22-19(26)14-3-2-4-16-15(14)10-21-23-16/h2-10H,11H2,1H3,(H,20,25)(H,21,23)(H,22,26). The van der Waals surface area contributed by atoms with Crippen molar-refractivity contribution in [2.45, 2.75) is 6.54 Å². The van der Waals surface area contributed by atoms with Gasteiger partial charge in [0.25, 0.3) is 5.91 Å². The molecule has 7 heteroatoms. The Hall–Kier alpha value is -3.61. The number of hydrogen-bond acceptors (Lipinski definition) is 3. The molecule has 26 heavy (non-hydrogen) atoms. The lowest BCUT2D eigenvalue weighted by molar-refractivity contribution is -0.121. The van der Waals surface area contributed by atoms with Crippen molar-refractivity contribution in [3.8, 4) is 0 Å². The van der Waals surface area contributed by atoms with E-state index in [0.29, 0.717) is 11.3 Å². The number of anilines is 1. The molecule has 4 aromatic rings. The molecule has 2 heterocycles. The van der Waals surface area contributed by atoms with Crippen molar-refractivity contribution in [1.82, 2.24) is 20.1 Å². The molecular weight excluding hydrogens is 330 g/mol. The van der Waals surface area contributed by atoms with Gasteiger partial charge in [-0.1, -0.05) is 12.1 Å². The zero-order chi connectivity index (χ0) is 18.1. The maximum Gasteiger partial charge on any atom is 0.256 e. The highest BCUT2D eigenvalue weighted by molar-refractivity contribution is 6.12. The first-order valence-electron chi connectivity index (χ1n) is 8.18. The SMILES string of the molecule is CNC(=O)Cn1ccc2ccc(NC(=O)c3cccc4[nH]ncc34)cc21. The lowest BCUT2D eigenvalue weighted by Crippen LogP contribution is -2.23. The Kier molecular flexibility index (Phi) is 3.89. The third-order valence-electron chi connectivity index (χ3n) is 4.35. The number of likely N-dealkylation sites (N-methyl/N-ethyl adjacent to an activating group) is 1. The summed E-state index contributed by atoms with van der Waals surface area (Å²) >= 11 is 0. The van der Waals surface area contributed by atoms with Gasteiger partial charge in [0, 0.05) is 24.3 Å². The van der Waals surface area contributed by atoms with Gasteiger partial charge in [-0.3, -0.25) is 14.7 Å². The fourth-order valence-corrected chi connectivity index (χ4v) is 3.00. The number of aromatic nitrogens is 3. The lowest BCUT2D eigenvalue weighted by Gasteiger charge is -2.08. The van der Waals surface area contributed by atoms with Gasteiger partial charge in [0.2, 0.25) is 5.91 Å². The number of aromatic amines is 1. The molecule has 2 aromatic carbocycles. The molecule has 0 saturated carbocycles. The molecule has 3 N–H and O–H groups in total. The number of nitrogens with zero attached hydrogens (tertiary/aromatic N) is 2. The van der Waals surface area contributed by atoms with Gasteiger partial charge < -0.3 is 15.2 Å². The molecule has 0 bridgehead atoms. The Labute approximate surface area is 149 Å². The summed E-state index contributed by atoms with van der Waals surface area (Å²) in [6.45, 7) is 0.228. The average Bonchev–Trinajstić information content (AvgIpc) is 3.28. The van der Waals surface area contributed by atoms with Crippen LogP contribution in [0.3, 0.4) is 0 Å². The highest BCUT2D eigenvalue weighted by Gasteiger charge is 2.12. The number of benzene rings is 2. The van der Waals surface area contributed by atoms with Crippen LogP contribution in [0.5, 0.6) is 0 Å². The number of fused-ring (bicyclic) bond motifs is 2. The van der Waals surface area contributed by atoms with Gasteiger partial charge >= 0.3 is 0 Å². The molecule has 0 aliphatic heterocycles. The largest absolute Gasteiger partial charge is 0.358 e. The smallest absolute Gasteiger partial charge is 0.256 e. The normalized spacial score (nSPS) is 11.0. The van der Waals surface area contributed by atoms with E-state index < -0.39 is 0 Å². The number of carbonyl (C=O) groups excluding carboxylic acids is 2. The van der Waals surface area contributed by atoms with Crippen molar-refractivity contribution in [3.63, 3.8) is 0 Å². The van der Waals surface area contributed by atoms with E-state index in [2.05, 4.69) is 20.8 Å². The van der Waals surface area contributed by atoms with Crippen molar-refractivity contribution in [2.24, 2.45) is 0 Å². The summed E-state index contributed by atoms with van der Waals surface area (Å²) in [7, 11) is 1.61. The van der Waals surface area contributed by atoms with Crippen LogP contribution in [0.1, 0.15) is 10.4 Å². The fourth-order valence-electron chi connectivity index (χ4n) is 3.00. The number of rotatable bonds is 4. The van der Waals surface area contributed by atoms with Crippen LogP contribution in [0.2, 0.25) is 0 Å². The summed E-state index contributed by atoms with van der Waals surface area (Å²) in [6.07, 6.45) is 3.50. The van der Waals surface area contributed by atoms with E-state index in [1.807, 2.05) is 47.2 Å². The van der Waals surface area contributed by atoms with Crippen LogP contribution in [0.4, 0.5) is 5.69 Å². The number of H-pyrrole nitrogens is 1. The van der Waals surface area contributed by atoms with E-state index in [4.69, 9.17) is 0 Å². The fraction of sp³-hybridized carbons (Fsp3) is 0.105. The molecule has 7 nitrogen and oxygen atoms in total. The van der Waals surface area contributed by atoms with Crippen molar-refractivity contribution >= 4 is 39.3 Å². The van der Waals surface area contributed by atoms with Crippen LogP contribution in [0.15, 0.2) is 54.9 Å². The zero-order valence-corrected chi connectivity index (χ0v) is 14.1. The summed E-state index contributed by atoms with van der Waals surface area (Å²) in [5.74, 6) is -0.288. The number of nitrogens with one attached hydrogen (secondary N) is 3. The predicted octanol–water partition coefficient (Wildman–Crippen LogP) is 2.52. The average molecular weight is 347 g/mol. The van der Waals surface area contributed by atoms with Crippen LogP contribution in [-0.4, -0.2) is 33.6 Å². The number of carbonyl (C=O) groups is 2. The van der Waals surface area contributed by atoms with Crippen LogP contribution < -0.4 is 10.6 Å². The maximum atomic E-state index is 12.7. The molecule has 2 aromatic heterocycles. The van der Waals surface area contributed by atoms with Crippen molar-refractivity contribution in [1.29, 1.82) is 0 Å². The Morgan fingerprint density at radius 3 is 2.92 bits per heavy atom. The van der Waals surface area contributed by atoms with Crippen LogP contribution in [0.25, 0.3) is 21.8 Å². The first kappa shape index (κ1) is 15.9. The van der Waals surface area contributed by atoms with Crippen molar-refractivity contribution in [2.75, 3.05) is 12.4 Å². The van der Waals surface area contributed by atoms with E-state index in [1.54, 1.807) is 19.3 Å². The van der Waals surface area contributed by atoms with Gasteiger partial charge in [-0.25, -0.2) is 0 Å². The minimum atomic E-state index is -0.208. The second-order valence-corrected chi connectivity index (χ2v) is 5.98. The highest BCUT2D eigenvalue weighted by atomic mass is 16.2. The first-order chi connectivity index (χ1) is 12.7. The summed E-state index contributed by atoms with van der Waals surface area (Å²) in [6, 6.07) is 13.0. The van der Waals surface area contributed by atoms with Crippen molar-refractivity contribution in [3.05, 3.63) is 60.4 Å². The van der Waals surface area contributed by atoms with Gasteiger partial charge in [-0.15, -0.1) is 0 Å². The minimum Gasteiger partial charge on any atom is -0.358 e. The third kappa shape index (κ3) is 2.79. The molecule has 0 unspecified atom stereocenters. The Bertz CT molecular complexity index is 1130. The van der Waals surface area contributed by atoms with E-state index in [0.717, 1.165) is 21.8 Å². The van der Waals surface area contributed by atoms with E-state index in [9.17, 15) is 9.59 Å². The van der Waals surface area contributed by atoms with Gasteiger partial charge in [-0.05, 0) is 35.7 Å². The molecule has 0 aliphatic rings. The Morgan fingerprint density at radius 1 is 1.19 bits per heavy atom. The minimum absolute atomic E-state index is 0.0800. The number of hydrogen-bond donors (Lipinski definition) is 3. The Balaban J connectivity index is 1.64. The second kappa shape index (κ2) is 6.36. The Morgan fingerprint density at radius 2 is 2.08 bits per heavy atom. The first-order valence-corrected chi connectivity index (χ1v) is 8.18. The van der Waals surface area contributed by atoms with E-state index in [-0.39, 0.29) is 18.4 Å². The molecular formula is C19H17N5O2. The zero-order valence-electron chi connectivity index (χ0n) is 14.1. The monoisotopic (exact) mass is 347 g/mol. The molecule has 2 amide bonds. The predicted molar refractivity (Wildman–Crippen MR) is 100 cm³/mol. The number of amides is 2. The molecule has 0 radical (unpaired) electrons. The highest BCUT2D eigenvalue weighted by Crippen LogP contribution is 2.22. The molecule has 0 fully saturated rings. The molecule has 130 valence electrons. The second-order valence-electron chi connectivity index (χ2n) is 5.98. The third-order valence-corrected chi connectivity index (χ3v) is 4.35. The van der Waals surface area contributed by atoms with Gasteiger partial charge in [-0.2, -0.15) is 5.10 Å².